The van der Waals surface area contributed by atoms with Crippen LogP contribution in [0, 0.1) is 5.92 Å². The van der Waals surface area contributed by atoms with Crippen LogP contribution in [-0.4, -0.2) is 46.6 Å². The average molecular weight is 346 g/mol. The van der Waals surface area contributed by atoms with Crippen LogP contribution in [0.1, 0.15) is 45.1 Å². The molecule has 138 valence electrons. The number of hydrogen-bond acceptors (Lipinski definition) is 5. The number of benzene rings is 1. The summed E-state index contributed by atoms with van der Waals surface area (Å²) in [6.07, 6.45) is 3.23. The second-order valence-electron chi connectivity index (χ2n) is 6.83. The fourth-order valence-corrected chi connectivity index (χ4v) is 2.99. The summed E-state index contributed by atoms with van der Waals surface area (Å²) >= 11 is 0. The van der Waals surface area contributed by atoms with Gasteiger partial charge in [0.2, 0.25) is 0 Å². The minimum Gasteiger partial charge on any atom is -0.508 e. The second-order valence-corrected chi connectivity index (χ2v) is 6.83. The van der Waals surface area contributed by atoms with E-state index in [1.165, 1.54) is 12.8 Å². The van der Waals surface area contributed by atoms with Gasteiger partial charge in [0.25, 0.3) is 0 Å². The molecule has 1 aliphatic rings. The molecular formula is C20H30N2O3. The Bertz CT molecular complexity index is 577. The van der Waals surface area contributed by atoms with Crippen LogP contribution in [0.3, 0.4) is 0 Å². The molecule has 0 spiro atoms. The van der Waals surface area contributed by atoms with Crippen LogP contribution in [0.2, 0.25) is 0 Å². The van der Waals surface area contributed by atoms with E-state index >= 15 is 0 Å². The Morgan fingerprint density at radius 1 is 1.28 bits per heavy atom. The molecule has 0 amide bonds. The number of aromatic hydroxyl groups is 1. The molecule has 1 aromatic rings. The lowest BCUT2D eigenvalue weighted by Crippen LogP contribution is -2.30. The van der Waals surface area contributed by atoms with Gasteiger partial charge in [0.1, 0.15) is 11.5 Å². The highest BCUT2D eigenvalue weighted by Gasteiger charge is 2.17. The van der Waals surface area contributed by atoms with E-state index in [0.29, 0.717) is 18.7 Å². The molecule has 5 nitrogen and oxygen atoms in total. The van der Waals surface area contributed by atoms with Crippen LogP contribution in [0.15, 0.2) is 41.8 Å². The molecule has 1 fully saturated rings. The highest BCUT2D eigenvalue weighted by molar-refractivity contribution is 6.01. The molecule has 0 radical (unpaired) electrons. The van der Waals surface area contributed by atoms with E-state index in [1.807, 2.05) is 12.1 Å². The third kappa shape index (κ3) is 6.18. The summed E-state index contributed by atoms with van der Waals surface area (Å²) in [6.45, 7) is 10.8. The van der Waals surface area contributed by atoms with E-state index in [1.54, 1.807) is 12.1 Å². The summed E-state index contributed by atoms with van der Waals surface area (Å²) in [4.78, 5) is 7.77. The Kier molecular flexibility index (Phi) is 7.47. The van der Waals surface area contributed by atoms with Gasteiger partial charge in [-0.15, -0.1) is 0 Å². The molecular weight excluding hydrogens is 316 g/mol. The topological polar surface area (TPSA) is 65.3 Å². The molecule has 0 saturated carbocycles. The van der Waals surface area contributed by atoms with E-state index in [4.69, 9.17) is 4.84 Å². The van der Waals surface area contributed by atoms with E-state index in [2.05, 4.69) is 30.5 Å². The first kappa shape index (κ1) is 19.5. The molecule has 2 unspecified atom stereocenters. The fourth-order valence-electron chi connectivity index (χ4n) is 2.99. The zero-order valence-corrected chi connectivity index (χ0v) is 15.3. The maximum Gasteiger partial charge on any atom is 0.130 e. The number of hydrogen-bond donors (Lipinski definition) is 2. The number of oxime groups is 1. The first-order valence-electron chi connectivity index (χ1n) is 9.12. The van der Waals surface area contributed by atoms with Crippen molar-refractivity contribution in [1.82, 2.24) is 4.90 Å². The van der Waals surface area contributed by atoms with Gasteiger partial charge in [-0.3, -0.25) is 0 Å². The Hall–Kier alpha value is -1.85. The van der Waals surface area contributed by atoms with Gasteiger partial charge in [0, 0.05) is 18.9 Å². The van der Waals surface area contributed by atoms with Gasteiger partial charge >= 0.3 is 0 Å². The molecule has 5 heteroatoms. The Morgan fingerprint density at radius 2 is 1.92 bits per heavy atom. The van der Waals surface area contributed by atoms with Crippen LogP contribution in [0.4, 0.5) is 0 Å². The van der Waals surface area contributed by atoms with E-state index < -0.39 is 6.10 Å². The lowest BCUT2D eigenvalue weighted by atomic mass is 9.96. The van der Waals surface area contributed by atoms with Crippen molar-refractivity contribution in [3.05, 3.63) is 42.2 Å². The normalized spacial score (nSPS) is 18.1. The standard InChI is InChI=1S/C20H30N2O3/c1-4-15(2)20(17-7-9-18(23)10-8-17)21-25-16(3)13-19(24)14-22-11-5-6-12-22/h7-10,15,19,23-24H,3-6,11-14H2,1-2H3/b21-20+. The number of phenolic OH excluding ortho intramolecular Hbond substituents is 1. The second kappa shape index (κ2) is 9.59. The average Bonchev–Trinajstić information content (AvgIpc) is 3.08. The number of aliphatic hydroxyl groups excluding tert-OH is 1. The van der Waals surface area contributed by atoms with Gasteiger partial charge in [-0.05, 0) is 62.2 Å². The number of phenols is 1. The molecule has 1 saturated heterocycles. The zero-order valence-electron chi connectivity index (χ0n) is 15.3. The van der Waals surface area contributed by atoms with Crippen molar-refractivity contribution in [2.24, 2.45) is 11.1 Å². The molecule has 0 aromatic heterocycles. The maximum atomic E-state index is 10.2. The van der Waals surface area contributed by atoms with E-state index in [-0.39, 0.29) is 11.7 Å². The summed E-state index contributed by atoms with van der Waals surface area (Å²) in [5, 5.41) is 23.9. The molecule has 2 rings (SSSR count). The van der Waals surface area contributed by atoms with E-state index in [9.17, 15) is 10.2 Å². The monoisotopic (exact) mass is 346 g/mol. The van der Waals surface area contributed by atoms with Crippen LogP contribution in [0.5, 0.6) is 5.75 Å². The highest BCUT2D eigenvalue weighted by atomic mass is 16.6. The summed E-state index contributed by atoms with van der Waals surface area (Å²) < 4.78 is 0. The smallest absolute Gasteiger partial charge is 0.130 e. The van der Waals surface area contributed by atoms with Crippen molar-refractivity contribution >= 4 is 5.71 Å². The minimum atomic E-state index is -0.485. The lowest BCUT2D eigenvalue weighted by Gasteiger charge is -2.19. The third-order valence-corrected chi connectivity index (χ3v) is 4.65. The number of rotatable bonds is 9. The predicted octanol–water partition coefficient (Wildman–Crippen LogP) is 3.52. The summed E-state index contributed by atoms with van der Waals surface area (Å²) in [5.74, 6) is 0.903. The van der Waals surface area contributed by atoms with Crippen LogP contribution < -0.4 is 0 Å². The fraction of sp³-hybridized carbons (Fsp3) is 0.550. The molecule has 0 aliphatic carbocycles. The SMILES string of the molecule is C=C(CC(O)CN1CCCC1)O/N=C(/c1ccc(O)cc1)C(C)CC. The molecule has 25 heavy (non-hydrogen) atoms. The molecule has 1 aromatic carbocycles. The summed E-state index contributed by atoms with van der Waals surface area (Å²) in [6, 6.07) is 6.94. The number of β-amino-alcohol motifs (C(OH)–C–C–N with tert-alkyl or cyclic N) is 1. The van der Waals surface area contributed by atoms with Crippen molar-refractivity contribution in [3.63, 3.8) is 0 Å². The van der Waals surface area contributed by atoms with Gasteiger partial charge in [-0.2, -0.15) is 0 Å². The Morgan fingerprint density at radius 3 is 2.52 bits per heavy atom. The lowest BCUT2D eigenvalue weighted by molar-refractivity contribution is 0.101. The third-order valence-electron chi connectivity index (χ3n) is 4.65. The van der Waals surface area contributed by atoms with Crippen molar-refractivity contribution in [2.45, 2.75) is 45.6 Å². The van der Waals surface area contributed by atoms with E-state index in [0.717, 1.165) is 30.8 Å². The predicted molar refractivity (Wildman–Crippen MR) is 101 cm³/mol. The molecule has 1 heterocycles. The summed E-state index contributed by atoms with van der Waals surface area (Å²) in [7, 11) is 0. The van der Waals surface area contributed by atoms with Crippen LogP contribution >= 0.6 is 0 Å². The first-order chi connectivity index (χ1) is 12.0. The first-order valence-corrected chi connectivity index (χ1v) is 9.12. The number of aliphatic hydroxyl groups is 1. The highest BCUT2D eigenvalue weighted by Crippen LogP contribution is 2.18. The quantitative estimate of drug-likeness (QED) is 0.408. The van der Waals surface area contributed by atoms with Gasteiger partial charge in [0.15, 0.2) is 0 Å². The molecule has 1 aliphatic heterocycles. The minimum absolute atomic E-state index is 0.215. The van der Waals surface area contributed by atoms with Crippen LogP contribution in [0.25, 0.3) is 0 Å². The molecule has 0 bridgehead atoms. The molecule has 2 atom stereocenters. The van der Waals surface area contributed by atoms with Crippen molar-refractivity contribution < 1.29 is 15.1 Å². The van der Waals surface area contributed by atoms with Crippen molar-refractivity contribution in [3.8, 4) is 5.75 Å². The number of nitrogens with zero attached hydrogens (tertiary/aromatic N) is 2. The van der Waals surface area contributed by atoms with Gasteiger partial charge in [-0.1, -0.05) is 25.6 Å². The van der Waals surface area contributed by atoms with Crippen LogP contribution in [-0.2, 0) is 4.84 Å². The Balaban J connectivity index is 1.94. The van der Waals surface area contributed by atoms with Gasteiger partial charge in [-0.25, -0.2) is 0 Å². The largest absolute Gasteiger partial charge is 0.508 e. The maximum absolute atomic E-state index is 10.2. The Labute approximate surface area is 150 Å². The van der Waals surface area contributed by atoms with Crippen molar-refractivity contribution in [1.29, 1.82) is 0 Å². The summed E-state index contributed by atoms with van der Waals surface area (Å²) in [5.41, 5.74) is 1.73. The van der Waals surface area contributed by atoms with Gasteiger partial charge < -0.3 is 20.0 Å². The zero-order chi connectivity index (χ0) is 18.2. The number of likely N-dealkylation sites (tertiary alicyclic amines) is 1. The van der Waals surface area contributed by atoms with Crippen molar-refractivity contribution in [2.75, 3.05) is 19.6 Å². The van der Waals surface area contributed by atoms with Gasteiger partial charge in [0.05, 0.1) is 11.8 Å². The molecule has 2 N–H and O–H groups in total.